The van der Waals surface area contributed by atoms with Crippen LogP contribution in [0.2, 0.25) is 5.02 Å². The fourth-order valence-corrected chi connectivity index (χ4v) is 4.12. The number of nitrogens with one attached hydrogen (secondary N) is 1. The summed E-state index contributed by atoms with van der Waals surface area (Å²) in [6, 6.07) is 2.71. The Bertz CT molecular complexity index is 716. The first-order valence-corrected chi connectivity index (χ1v) is 8.82. The van der Waals surface area contributed by atoms with Gasteiger partial charge < -0.3 is 14.6 Å². The number of rotatable bonds is 6. The van der Waals surface area contributed by atoms with Gasteiger partial charge in [0.25, 0.3) is 0 Å². The van der Waals surface area contributed by atoms with Crippen molar-refractivity contribution in [2.45, 2.75) is 37.1 Å². The molecule has 0 saturated heterocycles. The van der Waals surface area contributed by atoms with Crippen LogP contribution >= 0.6 is 11.6 Å². The summed E-state index contributed by atoms with van der Waals surface area (Å²) in [5.41, 5.74) is -0.937. The minimum atomic E-state index is -3.94. The average molecular weight is 364 g/mol. The zero-order valence-electron chi connectivity index (χ0n) is 12.8. The number of halogens is 1. The van der Waals surface area contributed by atoms with Gasteiger partial charge in [-0.3, -0.25) is 4.79 Å². The molecule has 1 heterocycles. The van der Waals surface area contributed by atoms with Crippen LogP contribution in [0, 0.1) is 0 Å². The van der Waals surface area contributed by atoms with Crippen molar-refractivity contribution >= 4 is 27.6 Å². The van der Waals surface area contributed by atoms with Crippen LogP contribution in [0.1, 0.15) is 26.7 Å². The molecule has 0 aromatic heterocycles. The summed E-state index contributed by atoms with van der Waals surface area (Å²) in [7, 11) is -3.94. The molecule has 0 atom stereocenters. The molecule has 0 spiro atoms. The van der Waals surface area contributed by atoms with Crippen molar-refractivity contribution in [1.82, 2.24) is 4.72 Å². The molecule has 1 aliphatic rings. The second-order valence-electron chi connectivity index (χ2n) is 5.81. The molecule has 7 nitrogen and oxygen atoms in total. The normalized spacial score (nSPS) is 14.6. The Morgan fingerprint density at radius 3 is 2.43 bits per heavy atom. The lowest BCUT2D eigenvalue weighted by atomic mass is 10.0. The largest absolute Gasteiger partial charge is 0.486 e. The molecule has 0 unspecified atom stereocenters. The highest BCUT2D eigenvalue weighted by molar-refractivity contribution is 7.89. The van der Waals surface area contributed by atoms with Gasteiger partial charge in [-0.05, 0) is 20.3 Å². The van der Waals surface area contributed by atoms with E-state index in [9.17, 15) is 13.2 Å². The molecule has 0 radical (unpaired) electrons. The summed E-state index contributed by atoms with van der Waals surface area (Å²) in [5.74, 6) is -0.288. The molecule has 23 heavy (non-hydrogen) atoms. The zero-order valence-corrected chi connectivity index (χ0v) is 14.3. The van der Waals surface area contributed by atoms with Crippen molar-refractivity contribution in [1.29, 1.82) is 0 Å². The van der Waals surface area contributed by atoms with Crippen LogP contribution in [0.25, 0.3) is 0 Å². The maximum absolute atomic E-state index is 12.6. The van der Waals surface area contributed by atoms with Crippen molar-refractivity contribution in [3.63, 3.8) is 0 Å². The lowest BCUT2D eigenvalue weighted by Gasteiger charge is -2.26. The van der Waals surface area contributed by atoms with Gasteiger partial charge >= 0.3 is 5.97 Å². The number of carboxylic acid groups (broad SMARTS) is 1. The van der Waals surface area contributed by atoms with E-state index in [1.54, 1.807) is 13.8 Å². The van der Waals surface area contributed by atoms with Crippen LogP contribution in [0.5, 0.6) is 11.5 Å². The molecule has 0 saturated carbocycles. The Morgan fingerprint density at radius 1 is 1.30 bits per heavy atom. The first-order valence-electron chi connectivity index (χ1n) is 6.96. The number of hydrogen-bond donors (Lipinski definition) is 2. The lowest BCUT2D eigenvalue weighted by Crippen LogP contribution is -2.43. The van der Waals surface area contributed by atoms with Crippen molar-refractivity contribution in [2.24, 2.45) is 0 Å². The van der Waals surface area contributed by atoms with Crippen molar-refractivity contribution in [2.75, 3.05) is 13.2 Å². The third kappa shape index (κ3) is 4.49. The van der Waals surface area contributed by atoms with Crippen LogP contribution < -0.4 is 14.2 Å². The topological polar surface area (TPSA) is 102 Å². The van der Waals surface area contributed by atoms with E-state index in [4.69, 9.17) is 26.2 Å². The lowest BCUT2D eigenvalue weighted by molar-refractivity contribution is -0.137. The van der Waals surface area contributed by atoms with Gasteiger partial charge in [0.05, 0.1) is 5.02 Å². The van der Waals surface area contributed by atoms with Gasteiger partial charge in [0.1, 0.15) is 18.1 Å². The molecule has 1 aromatic rings. The van der Waals surface area contributed by atoms with E-state index in [-0.39, 0.29) is 22.8 Å². The van der Waals surface area contributed by atoms with E-state index >= 15 is 0 Å². The number of benzene rings is 1. The molecule has 128 valence electrons. The van der Waals surface area contributed by atoms with Gasteiger partial charge in [-0.25, -0.2) is 13.1 Å². The standard InChI is InChI=1S/C14H18ClNO6S/c1-14(2,4-3-13(17)18)16-23(19,20)12-8-11-10(7-9(12)15)21-5-6-22-11/h7-8,16H,3-6H2,1-2H3,(H,17,18). The van der Waals surface area contributed by atoms with Gasteiger partial charge in [-0.2, -0.15) is 0 Å². The Hall–Kier alpha value is -1.51. The quantitative estimate of drug-likeness (QED) is 0.801. The fourth-order valence-electron chi connectivity index (χ4n) is 2.14. The van der Waals surface area contributed by atoms with Gasteiger partial charge in [0.2, 0.25) is 10.0 Å². The van der Waals surface area contributed by atoms with Gasteiger partial charge in [-0.1, -0.05) is 11.6 Å². The zero-order chi connectivity index (χ0) is 17.3. The number of hydrogen-bond acceptors (Lipinski definition) is 5. The number of ether oxygens (including phenoxy) is 2. The second kappa shape index (κ2) is 6.54. The molecule has 0 fully saturated rings. The Kier molecular flexibility index (Phi) is 5.07. The van der Waals surface area contributed by atoms with Crippen LogP contribution in [-0.4, -0.2) is 38.2 Å². The highest BCUT2D eigenvalue weighted by Crippen LogP contribution is 2.37. The van der Waals surface area contributed by atoms with E-state index in [1.165, 1.54) is 12.1 Å². The summed E-state index contributed by atoms with van der Waals surface area (Å²) in [4.78, 5) is 10.5. The van der Waals surface area contributed by atoms with E-state index in [1.807, 2.05) is 0 Å². The Morgan fingerprint density at radius 2 is 1.87 bits per heavy atom. The number of sulfonamides is 1. The molecule has 0 aliphatic carbocycles. The van der Waals surface area contributed by atoms with Gasteiger partial charge in [0.15, 0.2) is 11.5 Å². The number of fused-ring (bicyclic) bond motifs is 1. The molecule has 0 amide bonds. The van der Waals surface area contributed by atoms with E-state index < -0.39 is 21.5 Å². The third-order valence-electron chi connectivity index (χ3n) is 3.26. The second-order valence-corrected chi connectivity index (χ2v) is 7.87. The molecular weight excluding hydrogens is 346 g/mol. The predicted molar refractivity (Wildman–Crippen MR) is 83.7 cm³/mol. The smallest absolute Gasteiger partial charge is 0.303 e. The summed E-state index contributed by atoms with van der Waals surface area (Å²) in [6.07, 6.45) is -0.00583. The minimum absolute atomic E-state index is 0.00999. The van der Waals surface area contributed by atoms with Gasteiger partial charge in [-0.15, -0.1) is 0 Å². The molecule has 1 aromatic carbocycles. The monoisotopic (exact) mass is 363 g/mol. The first-order chi connectivity index (χ1) is 10.6. The highest BCUT2D eigenvalue weighted by atomic mass is 35.5. The molecule has 1 aliphatic heterocycles. The van der Waals surface area contributed by atoms with E-state index in [2.05, 4.69) is 4.72 Å². The highest BCUT2D eigenvalue weighted by Gasteiger charge is 2.30. The molecular formula is C14H18ClNO6S. The maximum atomic E-state index is 12.6. The van der Waals surface area contributed by atoms with Gasteiger partial charge in [0, 0.05) is 24.1 Å². The number of carboxylic acids is 1. The molecule has 2 rings (SSSR count). The van der Waals surface area contributed by atoms with E-state index in [0.29, 0.717) is 24.7 Å². The minimum Gasteiger partial charge on any atom is -0.486 e. The molecule has 0 bridgehead atoms. The number of carbonyl (C=O) groups is 1. The fraction of sp³-hybridized carbons (Fsp3) is 0.500. The van der Waals surface area contributed by atoms with Crippen LogP contribution in [0.4, 0.5) is 0 Å². The first kappa shape index (κ1) is 17.8. The number of aliphatic carboxylic acids is 1. The summed E-state index contributed by atoms with van der Waals surface area (Å²) >= 11 is 6.05. The van der Waals surface area contributed by atoms with Crippen LogP contribution in [0.15, 0.2) is 17.0 Å². The predicted octanol–water partition coefficient (Wildman–Crippen LogP) is 2.03. The van der Waals surface area contributed by atoms with Crippen LogP contribution in [-0.2, 0) is 14.8 Å². The van der Waals surface area contributed by atoms with E-state index in [0.717, 1.165) is 0 Å². The van der Waals surface area contributed by atoms with Crippen molar-refractivity contribution in [3.05, 3.63) is 17.2 Å². The van der Waals surface area contributed by atoms with Crippen LogP contribution in [0.3, 0.4) is 0 Å². The average Bonchev–Trinajstić information content (AvgIpc) is 2.43. The Balaban J connectivity index is 2.27. The van der Waals surface area contributed by atoms with Crippen molar-refractivity contribution in [3.8, 4) is 11.5 Å². The summed E-state index contributed by atoms with van der Waals surface area (Å²) in [6.45, 7) is 3.92. The Labute approximate surface area is 139 Å². The molecule has 9 heteroatoms. The summed E-state index contributed by atoms with van der Waals surface area (Å²) in [5, 5.41) is 8.75. The third-order valence-corrected chi connectivity index (χ3v) is 5.42. The summed E-state index contributed by atoms with van der Waals surface area (Å²) < 4.78 is 38.3. The molecule has 2 N–H and O–H groups in total. The maximum Gasteiger partial charge on any atom is 0.303 e. The van der Waals surface area contributed by atoms with Crippen molar-refractivity contribution < 1.29 is 27.8 Å². The SMILES string of the molecule is CC(C)(CCC(=O)O)NS(=O)(=O)c1cc2c(cc1Cl)OCCO2.